The summed E-state index contributed by atoms with van der Waals surface area (Å²) in [5.41, 5.74) is 0.555. The second-order valence-corrected chi connectivity index (χ2v) is 7.56. The molecular formula is C13H19NO5S2. The molecule has 0 aliphatic carbocycles. The van der Waals surface area contributed by atoms with Gasteiger partial charge in [-0.1, -0.05) is 0 Å². The summed E-state index contributed by atoms with van der Waals surface area (Å²) in [7, 11) is -2.47. The number of rotatable bonds is 5. The number of sulfonamides is 1. The molecule has 1 aromatic rings. The van der Waals surface area contributed by atoms with Crippen LogP contribution in [0.3, 0.4) is 0 Å². The van der Waals surface area contributed by atoms with Crippen LogP contribution in [0.2, 0.25) is 0 Å². The molecule has 0 unspecified atom stereocenters. The largest absolute Gasteiger partial charge is 0.465 e. The van der Waals surface area contributed by atoms with Crippen molar-refractivity contribution in [1.82, 2.24) is 4.72 Å². The van der Waals surface area contributed by atoms with Crippen LogP contribution in [0, 0.1) is 12.8 Å². The molecule has 0 aromatic carbocycles. The lowest BCUT2D eigenvalue weighted by molar-refractivity contribution is 0.0602. The standard InChI is InChI=1S/C13H19NO5S2/c1-9-8-20-11(13(15)18-2)12(9)21(16,17)14-7-10-3-5-19-6-4-10/h8,10,14H,3-7H2,1-2H3. The Morgan fingerprint density at radius 2 is 2.14 bits per heavy atom. The molecule has 0 spiro atoms. The quantitative estimate of drug-likeness (QED) is 0.827. The number of hydrogen-bond donors (Lipinski definition) is 1. The Balaban J connectivity index is 2.15. The summed E-state index contributed by atoms with van der Waals surface area (Å²) in [6.07, 6.45) is 1.68. The number of carbonyl (C=O) groups excluding carboxylic acids is 1. The number of hydrogen-bond acceptors (Lipinski definition) is 6. The molecule has 0 atom stereocenters. The Morgan fingerprint density at radius 3 is 2.76 bits per heavy atom. The van der Waals surface area contributed by atoms with E-state index in [2.05, 4.69) is 9.46 Å². The van der Waals surface area contributed by atoms with Gasteiger partial charge in [0.1, 0.15) is 9.77 Å². The summed E-state index contributed by atoms with van der Waals surface area (Å²) >= 11 is 1.08. The molecule has 21 heavy (non-hydrogen) atoms. The lowest BCUT2D eigenvalue weighted by Crippen LogP contribution is -2.33. The van der Waals surface area contributed by atoms with Crippen molar-refractivity contribution in [3.05, 3.63) is 15.8 Å². The zero-order valence-electron chi connectivity index (χ0n) is 12.0. The normalized spacial score (nSPS) is 16.9. The van der Waals surface area contributed by atoms with E-state index in [0.717, 1.165) is 24.2 Å². The Labute approximate surface area is 128 Å². The molecule has 1 saturated heterocycles. The van der Waals surface area contributed by atoms with Gasteiger partial charge >= 0.3 is 5.97 Å². The minimum Gasteiger partial charge on any atom is -0.465 e. The SMILES string of the molecule is COC(=O)c1scc(C)c1S(=O)(=O)NCC1CCOCC1. The minimum absolute atomic E-state index is 0.0337. The first-order chi connectivity index (χ1) is 9.95. The van der Waals surface area contributed by atoms with Crippen LogP contribution in [-0.4, -0.2) is 41.3 Å². The smallest absolute Gasteiger partial charge is 0.349 e. The lowest BCUT2D eigenvalue weighted by atomic mass is 10.0. The maximum Gasteiger partial charge on any atom is 0.349 e. The van der Waals surface area contributed by atoms with Gasteiger partial charge in [0.05, 0.1) is 7.11 Å². The molecule has 118 valence electrons. The molecule has 1 fully saturated rings. The fraction of sp³-hybridized carbons (Fsp3) is 0.615. The van der Waals surface area contributed by atoms with E-state index in [1.54, 1.807) is 12.3 Å². The van der Waals surface area contributed by atoms with Crippen molar-refractivity contribution < 1.29 is 22.7 Å². The highest BCUT2D eigenvalue weighted by atomic mass is 32.2. The van der Waals surface area contributed by atoms with Crippen LogP contribution in [0.1, 0.15) is 28.1 Å². The van der Waals surface area contributed by atoms with Crippen molar-refractivity contribution in [2.24, 2.45) is 5.92 Å². The van der Waals surface area contributed by atoms with Gasteiger partial charge in [0.15, 0.2) is 0 Å². The molecule has 8 heteroatoms. The summed E-state index contributed by atoms with van der Waals surface area (Å²) in [5.74, 6) is -0.353. The molecule has 0 amide bonds. The van der Waals surface area contributed by atoms with Gasteiger partial charge in [0.2, 0.25) is 10.0 Å². The van der Waals surface area contributed by atoms with Crippen LogP contribution in [0.15, 0.2) is 10.3 Å². The van der Waals surface area contributed by atoms with E-state index in [1.807, 2.05) is 0 Å². The fourth-order valence-corrected chi connectivity index (χ4v) is 5.07. The summed E-state index contributed by atoms with van der Waals surface area (Å²) in [4.78, 5) is 11.8. The summed E-state index contributed by atoms with van der Waals surface area (Å²) in [6, 6.07) is 0. The number of esters is 1. The van der Waals surface area contributed by atoms with Gasteiger partial charge in [0.25, 0.3) is 0 Å². The summed E-state index contributed by atoms with van der Waals surface area (Å²) in [6.45, 7) is 3.36. The van der Waals surface area contributed by atoms with Crippen LogP contribution < -0.4 is 4.72 Å². The predicted octanol–water partition coefficient (Wildman–Crippen LogP) is 1.55. The second-order valence-electron chi connectivity index (χ2n) is 4.98. The van der Waals surface area contributed by atoms with Crippen molar-refractivity contribution in [1.29, 1.82) is 0 Å². The van der Waals surface area contributed by atoms with Gasteiger partial charge < -0.3 is 9.47 Å². The predicted molar refractivity (Wildman–Crippen MR) is 79.1 cm³/mol. The molecule has 1 aliphatic heterocycles. The van der Waals surface area contributed by atoms with E-state index in [1.165, 1.54) is 7.11 Å². The maximum absolute atomic E-state index is 12.5. The van der Waals surface area contributed by atoms with Crippen molar-refractivity contribution >= 4 is 27.3 Å². The lowest BCUT2D eigenvalue weighted by Gasteiger charge is -2.22. The Bertz CT molecular complexity index is 602. The number of nitrogens with one attached hydrogen (secondary N) is 1. The molecule has 0 radical (unpaired) electrons. The van der Waals surface area contributed by atoms with Gasteiger partial charge in [-0.3, -0.25) is 0 Å². The van der Waals surface area contributed by atoms with Crippen LogP contribution >= 0.6 is 11.3 Å². The average molecular weight is 333 g/mol. The molecule has 2 heterocycles. The maximum atomic E-state index is 12.5. The zero-order valence-corrected chi connectivity index (χ0v) is 13.7. The number of carbonyl (C=O) groups is 1. The van der Waals surface area contributed by atoms with E-state index >= 15 is 0 Å². The average Bonchev–Trinajstić information content (AvgIpc) is 2.88. The highest BCUT2D eigenvalue weighted by Crippen LogP contribution is 2.27. The first-order valence-corrected chi connectivity index (χ1v) is 9.06. The Hall–Kier alpha value is -0.960. The minimum atomic E-state index is -3.71. The Kier molecular flexibility index (Phi) is 5.37. The van der Waals surface area contributed by atoms with Gasteiger partial charge in [-0.25, -0.2) is 17.9 Å². The van der Waals surface area contributed by atoms with Crippen LogP contribution in [0.5, 0.6) is 0 Å². The van der Waals surface area contributed by atoms with E-state index in [0.29, 0.717) is 25.3 Å². The molecular weight excluding hydrogens is 314 g/mol. The van der Waals surface area contributed by atoms with Gasteiger partial charge in [-0.15, -0.1) is 11.3 Å². The van der Waals surface area contributed by atoms with E-state index < -0.39 is 16.0 Å². The van der Waals surface area contributed by atoms with E-state index in [-0.39, 0.29) is 15.7 Å². The fourth-order valence-electron chi connectivity index (χ4n) is 2.25. The van der Waals surface area contributed by atoms with Crippen LogP contribution in [-0.2, 0) is 19.5 Å². The summed E-state index contributed by atoms with van der Waals surface area (Å²) in [5, 5.41) is 1.65. The second kappa shape index (κ2) is 6.87. The van der Waals surface area contributed by atoms with Gasteiger partial charge in [-0.05, 0) is 36.6 Å². The molecule has 1 aliphatic rings. The molecule has 1 aromatic heterocycles. The van der Waals surface area contributed by atoms with Crippen molar-refractivity contribution in [2.45, 2.75) is 24.7 Å². The van der Waals surface area contributed by atoms with Crippen LogP contribution in [0.25, 0.3) is 0 Å². The Morgan fingerprint density at radius 1 is 1.48 bits per heavy atom. The first kappa shape index (κ1) is 16.4. The third-order valence-corrected chi connectivity index (χ3v) is 6.28. The first-order valence-electron chi connectivity index (χ1n) is 6.69. The van der Waals surface area contributed by atoms with Gasteiger partial charge in [0, 0.05) is 19.8 Å². The number of ether oxygens (including phenoxy) is 2. The third kappa shape index (κ3) is 3.82. The van der Waals surface area contributed by atoms with Crippen molar-refractivity contribution in [2.75, 3.05) is 26.9 Å². The van der Waals surface area contributed by atoms with Gasteiger partial charge in [-0.2, -0.15) is 0 Å². The molecule has 0 saturated carbocycles. The monoisotopic (exact) mass is 333 g/mol. The van der Waals surface area contributed by atoms with E-state index in [9.17, 15) is 13.2 Å². The molecule has 6 nitrogen and oxygen atoms in total. The number of aryl methyl sites for hydroxylation is 1. The number of methoxy groups -OCH3 is 1. The third-order valence-electron chi connectivity index (χ3n) is 3.46. The molecule has 0 bridgehead atoms. The highest BCUT2D eigenvalue weighted by molar-refractivity contribution is 7.89. The van der Waals surface area contributed by atoms with Crippen molar-refractivity contribution in [3.63, 3.8) is 0 Å². The van der Waals surface area contributed by atoms with E-state index in [4.69, 9.17) is 4.74 Å². The highest BCUT2D eigenvalue weighted by Gasteiger charge is 2.28. The number of thiophene rings is 1. The zero-order chi connectivity index (χ0) is 15.5. The molecule has 2 rings (SSSR count). The summed E-state index contributed by atoms with van der Waals surface area (Å²) < 4.78 is 37.4. The topological polar surface area (TPSA) is 81.7 Å². The van der Waals surface area contributed by atoms with Crippen molar-refractivity contribution in [3.8, 4) is 0 Å². The molecule has 1 N–H and O–H groups in total. The van der Waals surface area contributed by atoms with Crippen LogP contribution in [0.4, 0.5) is 0 Å².